The zero-order chi connectivity index (χ0) is 8.97. The first-order valence-corrected chi connectivity index (χ1v) is 5.17. The van der Waals surface area contributed by atoms with Gasteiger partial charge in [0, 0.05) is 5.56 Å². The minimum absolute atomic E-state index is 0.622. The molecule has 0 aliphatic heterocycles. The minimum Gasteiger partial charge on any atom is -0.545 e. The van der Waals surface area contributed by atoms with E-state index in [2.05, 4.69) is 19.1 Å². The van der Waals surface area contributed by atoms with Gasteiger partial charge in [0.25, 0.3) is 0 Å². The van der Waals surface area contributed by atoms with Crippen LogP contribution in [0.25, 0.3) is 0 Å². The van der Waals surface area contributed by atoms with Crippen LogP contribution in [0.4, 0.5) is 0 Å². The van der Waals surface area contributed by atoms with Crippen LogP contribution in [-0.4, -0.2) is 15.5 Å². The quantitative estimate of drug-likeness (QED) is 0.519. The summed E-state index contributed by atoms with van der Waals surface area (Å²) in [7, 11) is 0.666. The van der Waals surface area contributed by atoms with Crippen molar-refractivity contribution in [1.82, 2.24) is 0 Å². The SMILES string of the molecule is CCc1cccc(C(=S)O[SiH3])c1. The molecule has 0 amide bonds. The Balaban J connectivity index is 2.93. The lowest BCUT2D eigenvalue weighted by Crippen LogP contribution is -2.00. The first kappa shape index (κ1) is 9.42. The predicted molar refractivity (Wildman–Crippen MR) is 58.5 cm³/mol. The van der Waals surface area contributed by atoms with Gasteiger partial charge in [-0.1, -0.05) is 25.1 Å². The Morgan fingerprint density at radius 2 is 2.33 bits per heavy atom. The lowest BCUT2D eigenvalue weighted by atomic mass is 10.1. The molecule has 0 saturated carbocycles. The van der Waals surface area contributed by atoms with Gasteiger partial charge in [0.1, 0.15) is 0 Å². The Hall–Kier alpha value is -0.673. The molecule has 64 valence electrons. The molecule has 1 aromatic rings. The summed E-state index contributed by atoms with van der Waals surface area (Å²) in [6, 6.07) is 8.18. The number of hydrogen-bond acceptors (Lipinski definition) is 2. The van der Waals surface area contributed by atoms with Crippen molar-refractivity contribution in [3.05, 3.63) is 35.4 Å². The molecule has 0 spiro atoms. The fraction of sp³-hybridized carbons (Fsp3) is 0.222. The molecule has 0 fully saturated rings. The van der Waals surface area contributed by atoms with Gasteiger partial charge in [-0.2, -0.15) is 0 Å². The van der Waals surface area contributed by atoms with E-state index in [0.29, 0.717) is 15.5 Å². The number of thiocarbonyl (C=S) groups is 1. The first-order valence-electron chi connectivity index (χ1n) is 3.95. The summed E-state index contributed by atoms with van der Waals surface area (Å²) in [6.07, 6.45) is 1.04. The van der Waals surface area contributed by atoms with Crippen molar-refractivity contribution in [3.63, 3.8) is 0 Å². The van der Waals surface area contributed by atoms with Crippen LogP contribution < -0.4 is 0 Å². The molecular weight excluding hydrogens is 184 g/mol. The zero-order valence-corrected chi connectivity index (χ0v) is 10.1. The van der Waals surface area contributed by atoms with Crippen LogP contribution >= 0.6 is 12.2 Å². The van der Waals surface area contributed by atoms with Crippen LogP contribution in [0.5, 0.6) is 0 Å². The molecule has 0 aliphatic carbocycles. The Bertz CT molecular complexity index is 286. The Morgan fingerprint density at radius 3 is 2.92 bits per heavy atom. The van der Waals surface area contributed by atoms with Gasteiger partial charge in [-0.05, 0) is 30.3 Å². The van der Waals surface area contributed by atoms with E-state index in [1.807, 2.05) is 12.1 Å². The van der Waals surface area contributed by atoms with Gasteiger partial charge in [-0.15, -0.1) is 0 Å². The summed E-state index contributed by atoms with van der Waals surface area (Å²) in [5.74, 6) is 0. The topological polar surface area (TPSA) is 9.23 Å². The van der Waals surface area contributed by atoms with E-state index in [4.69, 9.17) is 16.6 Å². The molecule has 3 heteroatoms. The summed E-state index contributed by atoms with van der Waals surface area (Å²) in [5, 5.41) is 0.622. The maximum absolute atomic E-state index is 5.11. The first-order chi connectivity index (χ1) is 5.77. The fourth-order valence-electron chi connectivity index (χ4n) is 1.04. The number of aryl methyl sites for hydroxylation is 1. The molecule has 0 saturated heterocycles. The molecule has 0 radical (unpaired) electrons. The molecule has 1 aromatic carbocycles. The van der Waals surface area contributed by atoms with Crippen LogP contribution in [0.15, 0.2) is 24.3 Å². The Kier molecular flexibility index (Phi) is 3.43. The average molecular weight is 196 g/mol. The zero-order valence-electron chi connectivity index (χ0n) is 7.33. The van der Waals surface area contributed by atoms with Gasteiger partial charge in [-0.25, -0.2) is 0 Å². The second-order valence-corrected chi connectivity index (χ2v) is 3.32. The summed E-state index contributed by atoms with van der Waals surface area (Å²) in [5.41, 5.74) is 2.33. The molecule has 0 aliphatic rings. The van der Waals surface area contributed by atoms with Crippen LogP contribution in [0.2, 0.25) is 0 Å². The summed E-state index contributed by atoms with van der Waals surface area (Å²) in [4.78, 5) is 0. The summed E-state index contributed by atoms with van der Waals surface area (Å²) in [6.45, 7) is 2.13. The molecule has 0 bridgehead atoms. The van der Waals surface area contributed by atoms with Crippen molar-refractivity contribution in [2.24, 2.45) is 0 Å². The van der Waals surface area contributed by atoms with Crippen LogP contribution in [0, 0.1) is 0 Å². The smallest absolute Gasteiger partial charge is 0.205 e. The number of rotatable bonds is 2. The van der Waals surface area contributed by atoms with E-state index in [1.54, 1.807) is 0 Å². The van der Waals surface area contributed by atoms with Crippen molar-refractivity contribution in [1.29, 1.82) is 0 Å². The highest BCUT2D eigenvalue weighted by molar-refractivity contribution is 7.80. The van der Waals surface area contributed by atoms with Crippen molar-refractivity contribution >= 4 is 27.8 Å². The van der Waals surface area contributed by atoms with E-state index >= 15 is 0 Å². The van der Waals surface area contributed by atoms with E-state index in [0.717, 1.165) is 12.0 Å². The molecule has 0 aromatic heterocycles. The highest BCUT2D eigenvalue weighted by atomic mass is 32.1. The molecule has 1 nitrogen and oxygen atoms in total. The van der Waals surface area contributed by atoms with Crippen LogP contribution in [-0.2, 0) is 10.8 Å². The van der Waals surface area contributed by atoms with Gasteiger partial charge >= 0.3 is 0 Å². The van der Waals surface area contributed by atoms with E-state index in [1.165, 1.54) is 5.56 Å². The predicted octanol–water partition coefficient (Wildman–Crippen LogP) is 1.22. The average Bonchev–Trinajstić information content (AvgIpc) is 2.17. The monoisotopic (exact) mass is 196 g/mol. The number of benzene rings is 1. The summed E-state index contributed by atoms with van der Waals surface area (Å²) >= 11 is 5.04. The largest absolute Gasteiger partial charge is 0.545 e. The maximum Gasteiger partial charge on any atom is 0.205 e. The second kappa shape index (κ2) is 4.38. The third-order valence-corrected chi connectivity index (χ3v) is 2.86. The van der Waals surface area contributed by atoms with E-state index < -0.39 is 0 Å². The Morgan fingerprint density at radius 1 is 1.58 bits per heavy atom. The molecule has 0 heterocycles. The Labute approximate surface area is 81.3 Å². The maximum atomic E-state index is 5.11. The van der Waals surface area contributed by atoms with E-state index in [9.17, 15) is 0 Å². The molecule has 1 rings (SSSR count). The molecule has 0 unspecified atom stereocenters. The van der Waals surface area contributed by atoms with Gasteiger partial charge < -0.3 is 4.43 Å². The third kappa shape index (κ3) is 2.15. The number of hydrogen-bond donors (Lipinski definition) is 0. The van der Waals surface area contributed by atoms with Crippen molar-refractivity contribution in [2.45, 2.75) is 13.3 Å². The van der Waals surface area contributed by atoms with Crippen LogP contribution in [0.1, 0.15) is 18.1 Å². The normalized spacial score (nSPS) is 9.75. The molecular formula is C9H12OSSi. The van der Waals surface area contributed by atoms with Gasteiger partial charge in [0.2, 0.25) is 10.5 Å². The summed E-state index contributed by atoms with van der Waals surface area (Å²) < 4.78 is 5.11. The standard InChI is InChI=1S/C9H12OSSi/c1-2-7-4-3-5-8(6-7)9(11)10-12/h3-6H,2H2,1,12H3. The van der Waals surface area contributed by atoms with Gasteiger partial charge in [-0.3, -0.25) is 0 Å². The third-order valence-electron chi connectivity index (χ3n) is 1.76. The van der Waals surface area contributed by atoms with Crippen LogP contribution in [0.3, 0.4) is 0 Å². The van der Waals surface area contributed by atoms with Gasteiger partial charge in [0.15, 0.2) is 5.05 Å². The lowest BCUT2D eigenvalue weighted by molar-refractivity contribution is 0.632. The fourth-order valence-corrected chi connectivity index (χ4v) is 1.40. The minimum atomic E-state index is 0.622. The van der Waals surface area contributed by atoms with Gasteiger partial charge in [0.05, 0.1) is 0 Å². The highest BCUT2D eigenvalue weighted by Crippen LogP contribution is 2.07. The highest BCUT2D eigenvalue weighted by Gasteiger charge is 1.99. The van der Waals surface area contributed by atoms with Crippen molar-refractivity contribution < 1.29 is 4.43 Å². The molecule has 12 heavy (non-hydrogen) atoms. The lowest BCUT2D eigenvalue weighted by Gasteiger charge is -2.04. The molecule has 0 N–H and O–H groups in total. The second-order valence-electron chi connectivity index (χ2n) is 2.55. The van der Waals surface area contributed by atoms with Crippen molar-refractivity contribution in [2.75, 3.05) is 0 Å². The van der Waals surface area contributed by atoms with E-state index in [-0.39, 0.29) is 0 Å². The molecule has 0 atom stereocenters. The van der Waals surface area contributed by atoms with Crippen molar-refractivity contribution in [3.8, 4) is 0 Å².